The summed E-state index contributed by atoms with van der Waals surface area (Å²) in [5.41, 5.74) is 26.4. The molecule has 204 valence electrons. The van der Waals surface area contributed by atoms with Crippen LogP contribution in [-0.2, 0) is 28.8 Å². The van der Waals surface area contributed by atoms with E-state index >= 15 is 0 Å². The van der Waals surface area contributed by atoms with Crippen molar-refractivity contribution < 1.29 is 39.0 Å². The van der Waals surface area contributed by atoms with E-state index in [4.69, 9.17) is 38.9 Å². The number of primary amides is 2. The third-order valence-electron chi connectivity index (χ3n) is 4.73. The van der Waals surface area contributed by atoms with Crippen LogP contribution in [0.3, 0.4) is 0 Å². The number of hydrogen-bond donors (Lipinski definition) is 10. The van der Waals surface area contributed by atoms with Gasteiger partial charge in [0.05, 0.1) is 12.6 Å². The van der Waals surface area contributed by atoms with Crippen LogP contribution in [0.15, 0.2) is 4.99 Å². The Morgan fingerprint density at radius 3 is 1.67 bits per heavy atom. The second-order valence-corrected chi connectivity index (χ2v) is 7.77. The minimum Gasteiger partial charge on any atom is -0.480 e. The molecule has 0 aromatic rings. The topological polar surface area (TPSA) is 321 Å². The van der Waals surface area contributed by atoms with Crippen LogP contribution in [-0.4, -0.2) is 89.0 Å². The molecule has 0 rings (SSSR count). The number of carboxylic acids is 1. The first-order valence-corrected chi connectivity index (χ1v) is 10.9. The monoisotopic (exact) mass is 517 g/mol. The first-order chi connectivity index (χ1) is 16.8. The van der Waals surface area contributed by atoms with Crippen LogP contribution in [0.25, 0.3) is 0 Å². The minimum atomic E-state index is -1.64. The lowest BCUT2D eigenvalue weighted by Gasteiger charge is -2.24. The first kappa shape index (κ1) is 32.0. The van der Waals surface area contributed by atoms with Crippen molar-refractivity contribution in [3.63, 3.8) is 0 Å². The lowest BCUT2D eigenvalue weighted by atomic mass is 10.1. The molecule has 0 saturated carbocycles. The van der Waals surface area contributed by atoms with Gasteiger partial charge in [-0.15, -0.1) is 0 Å². The predicted octanol–water partition coefficient (Wildman–Crippen LogP) is -5.57. The number of aliphatic carboxylic acids is 1. The maximum Gasteiger partial charge on any atom is 0.328 e. The molecule has 0 aromatic heterocycles. The molecule has 0 aliphatic rings. The standard InChI is InChI=1S/C19H35N9O8/c20-9(3-5-13(21)30)15(32)26-11(4-6-14(22)31)17(34)27-10(2-1-7-25-19(23)24)16(33)28-12(8-29)18(35)36/h9-12,29H,1-8,20H2,(H2,21,30)(H2,22,31)(H,26,32)(H,27,34)(H,28,33)(H,35,36)(H4,23,24,25). The SMILES string of the molecule is NC(=O)CCC(N)C(=O)NC(CCC(N)=O)C(=O)NC(CCCN=C(N)N)C(=O)NC(CO)C(=O)O. The Morgan fingerprint density at radius 2 is 1.19 bits per heavy atom. The highest BCUT2D eigenvalue weighted by Gasteiger charge is 2.30. The zero-order valence-corrected chi connectivity index (χ0v) is 19.6. The highest BCUT2D eigenvalue weighted by atomic mass is 16.4. The molecule has 5 amide bonds. The van der Waals surface area contributed by atoms with Gasteiger partial charge in [0.1, 0.15) is 18.1 Å². The zero-order valence-electron chi connectivity index (χ0n) is 19.6. The van der Waals surface area contributed by atoms with Gasteiger partial charge in [-0.05, 0) is 25.7 Å². The van der Waals surface area contributed by atoms with E-state index < -0.39 is 66.3 Å². The number of carboxylic acid groups (broad SMARTS) is 1. The minimum absolute atomic E-state index is 0.0548. The van der Waals surface area contributed by atoms with E-state index in [1.54, 1.807) is 0 Å². The maximum absolute atomic E-state index is 12.9. The second-order valence-electron chi connectivity index (χ2n) is 7.77. The zero-order chi connectivity index (χ0) is 27.8. The van der Waals surface area contributed by atoms with Crippen molar-refractivity contribution in [1.82, 2.24) is 16.0 Å². The van der Waals surface area contributed by atoms with Crippen molar-refractivity contribution in [2.24, 2.45) is 33.7 Å². The normalized spacial score (nSPS) is 13.8. The van der Waals surface area contributed by atoms with Crippen molar-refractivity contribution in [2.45, 2.75) is 62.7 Å². The molecule has 36 heavy (non-hydrogen) atoms. The molecular formula is C19H35N9O8. The van der Waals surface area contributed by atoms with Crippen LogP contribution < -0.4 is 44.6 Å². The number of nitrogens with one attached hydrogen (secondary N) is 3. The van der Waals surface area contributed by atoms with Gasteiger partial charge in [0.25, 0.3) is 0 Å². The Labute approximate surface area is 206 Å². The summed E-state index contributed by atoms with van der Waals surface area (Å²) in [6.45, 7) is -0.822. The molecule has 0 bridgehead atoms. The van der Waals surface area contributed by atoms with Crippen molar-refractivity contribution in [1.29, 1.82) is 0 Å². The summed E-state index contributed by atoms with van der Waals surface area (Å²) in [5, 5.41) is 25.0. The predicted molar refractivity (Wildman–Crippen MR) is 125 cm³/mol. The number of rotatable bonds is 18. The van der Waals surface area contributed by atoms with E-state index in [1.165, 1.54) is 0 Å². The summed E-state index contributed by atoms with van der Waals surface area (Å²) in [7, 11) is 0. The third kappa shape index (κ3) is 13.7. The summed E-state index contributed by atoms with van der Waals surface area (Å²) in [4.78, 5) is 75.0. The highest BCUT2D eigenvalue weighted by Crippen LogP contribution is 2.05. The van der Waals surface area contributed by atoms with Gasteiger partial charge in [-0.2, -0.15) is 0 Å². The molecule has 4 atom stereocenters. The molecule has 17 heteroatoms. The number of nitrogens with two attached hydrogens (primary N) is 5. The fourth-order valence-corrected chi connectivity index (χ4v) is 2.77. The Balaban J connectivity index is 5.58. The Bertz CT molecular complexity index is 832. The maximum atomic E-state index is 12.9. The number of hydrogen-bond acceptors (Lipinski definition) is 9. The van der Waals surface area contributed by atoms with Gasteiger partial charge in [-0.1, -0.05) is 0 Å². The molecule has 0 aliphatic heterocycles. The molecule has 4 unspecified atom stereocenters. The lowest BCUT2D eigenvalue weighted by Crippen LogP contribution is -2.57. The van der Waals surface area contributed by atoms with Gasteiger partial charge in [-0.3, -0.25) is 29.0 Å². The number of carbonyl (C=O) groups excluding carboxylic acids is 5. The van der Waals surface area contributed by atoms with Gasteiger partial charge in [0.15, 0.2) is 5.96 Å². The number of amides is 5. The van der Waals surface area contributed by atoms with Gasteiger partial charge in [0.2, 0.25) is 29.5 Å². The molecular weight excluding hydrogens is 482 g/mol. The summed E-state index contributed by atoms with van der Waals surface area (Å²) < 4.78 is 0. The average molecular weight is 518 g/mol. The van der Waals surface area contributed by atoms with E-state index in [1.807, 2.05) is 0 Å². The number of guanidine groups is 1. The summed E-state index contributed by atoms with van der Waals surface area (Å²) >= 11 is 0. The number of nitrogens with zero attached hydrogens (tertiary/aromatic N) is 1. The van der Waals surface area contributed by atoms with Gasteiger partial charge >= 0.3 is 5.97 Å². The molecule has 0 aromatic carbocycles. The van der Waals surface area contributed by atoms with E-state index in [0.29, 0.717) is 0 Å². The summed E-state index contributed by atoms with van der Waals surface area (Å²) in [6, 6.07) is -5.51. The molecule has 15 N–H and O–H groups in total. The average Bonchev–Trinajstić information content (AvgIpc) is 2.79. The van der Waals surface area contributed by atoms with Gasteiger partial charge < -0.3 is 54.8 Å². The fraction of sp³-hybridized carbons (Fsp3) is 0.632. The van der Waals surface area contributed by atoms with E-state index in [9.17, 15) is 28.8 Å². The van der Waals surface area contributed by atoms with Gasteiger partial charge in [-0.25, -0.2) is 4.79 Å². The molecule has 0 spiro atoms. The van der Waals surface area contributed by atoms with Crippen LogP contribution >= 0.6 is 0 Å². The van der Waals surface area contributed by atoms with Crippen molar-refractivity contribution in [2.75, 3.05) is 13.2 Å². The van der Waals surface area contributed by atoms with Crippen molar-refractivity contribution in [3.8, 4) is 0 Å². The van der Waals surface area contributed by atoms with E-state index in [0.717, 1.165) is 0 Å². The smallest absolute Gasteiger partial charge is 0.328 e. The quantitative estimate of drug-likeness (QED) is 0.0464. The van der Waals surface area contributed by atoms with Crippen LogP contribution in [0.5, 0.6) is 0 Å². The molecule has 0 radical (unpaired) electrons. The molecule has 17 nitrogen and oxygen atoms in total. The molecule has 0 aliphatic carbocycles. The Morgan fingerprint density at radius 1 is 0.722 bits per heavy atom. The van der Waals surface area contributed by atoms with E-state index in [2.05, 4.69) is 20.9 Å². The summed E-state index contributed by atoms with van der Waals surface area (Å²) in [6.07, 6.45) is -0.697. The van der Waals surface area contributed by atoms with Crippen molar-refractivity contribution in [3.05, 3.63) is 0 Å². The largest absolute Gasteiger partial charge is 0.480 e. The Hall–Kier alpha value is -3.99. The molecule has 0 saturated heterocycles. The van der Waals surface area contributed by atoms with Crippen LogP contribution in [0, 0.1) is 0 Å². The van der Waals surface area contributed by atoms with Crippen LogP contribution in [0.4, 0.5) is 0 Å². The lowest BCUT2D eigenvalue weighted by molar-refractivity contribution is -0.143. The van der Waals surface area contributed by atoms with Crippen molar-refractivity contribution >= 4 is 41.5 Å². The number of aliphatic hydroxyl groups excluding tert-OH is 1. The third-order valence-corrected chi connectivity index (χ3v) is 4.73. The summed E-state index contributed by atoms with van der Waals surface area (Å²) in [5.74, 6) is -5.81. The number of carbonyl (C=O) groups is 6. The molecule has 0 heterocycles. The second kappa shape index (κ2) is 16.6. The first-order valence-electron chi connectivity index (χ1n) is 10.9. The number of aliphatic hydroxyl groups is 1. The highest BCUT2D eigenvalue weighted by molar-refractivity contribution is 5.94. The Kier molecular flexibility index (Phi) is 14.8. The number of aliphatic imine (C=N–C) groups is 1. The fourth-order valence-electron chi connectivity index (χ4n) is 2.77. The van der Waals surface area contributed by atoms with Crippen LogP contribution in [0.2, 0.25) is 0 Å². The van der Waals surface area contributed by atoms with Crippen LogP contribution in [0.1, 0.15) is 38.5 Å². The van der Waals surface area contributed by atoms with E-state index in [-0.39, 0.29) is 51.0 Å². The molecule has 0 fully saturated rings. The van der Waals surface area contributed by atoms with Gasteiger partial charge in [0, 0.05) is 19.4 Å².